The molecule has 0 aromatic carbocycles. The molecule has 9 heterocycles. The molecule has 596 valence electrons. The van der Waals surface area contributed by atoms with Gasteiger partial charge in [0.25, 0.3) is 0 Å². The summed E-state index contributed by atoms with van der Waals surface area (Å²) in [5, 5.41) is 33.0. The molecule has 5 aliphatic rings. The normalized spacial score (nSPS) is 22.6. The molecular formula is C84H103Cl4F7N4O10. The van der Waals surface area contributed by atoms with Crippen molar-refractivity contribution in [3.8, 4) is 0 Å². The molecule has 14 nitrogen and oxygen atoms in total. The first-order valence-corrected chi connectivity index (χ1v) is 40.0. The lowest BCUT2D eigenvalue weighted by Gasteiger charge is -2.37. The van der Waals surface area contributed by atoms with Crippen LogP contribution in [0.2, 0.25) is 20.1 Å². The SMILES string of the molecule is CC(CO)c1cc(C(=O)CCC2CCC(F)(F)CC2)c2c(Cl)cccn12.CCOCCc1cc(C(=O)CC[C@@]2(O)CCC[C@@H](C)C2)c2c(Cl)cccn12.O=C(CCC1(O)CCCC(C(F)(F)F)C1)c1cc(C2CCOC2)n2cccc(Cl)c12.[2H]C([2H])([2H])OCCc1cc(C(=O)CCC2CCC(F)(F)CC2)c2c(Cl)cccn12. The zero-order valence-electron chi connectivity index (χ0n) is 65.2. The Balaban J connectivity index is 0.000000159. The Bertz CT molecular complexity index is 4540. The molecule has 0 amide bonds. The van der Waals surface area contributed by atoms with Gasteiger partial charge < -0.3 is 47.1 Å². The number of fused-ring (bicyclic) bond motifs is 4. The van der Waals surface area contributed by atoms with E-state index in [9.17, 15) is 65.2 Å². The maximum absolute atomic E-state index is 13.3. The number of carbonyl (C=O) groups is 4. The second kappa shape index (κ2) is 37.9. The number of ether oxygens (including phenoxy) is 3. The molecule has 4 aliphatic carbocycles. The van der Waals surface area contributed by atoms with E-state index in [-0.39, 0.29) is 124 Å². The van der Waals surface area contributed by atoms with Gasteiger partial charge in [-0.25, -0.2) is 17.6 Å². The molecule has 1 saturated heterocycles. The highest BCUT2D eigenvalue weighted by molar-refractivity contribution is 6.36. The number of aliphatic hydroxyl groups is 3. The number of ketones is 4. The first-order valence-electron chi connectivity index (χ1n) is 40.0. The molecule has 8 aromatic heterocycles. The number of aliphatic hydroxyl groups excluding tert-OH is 1. The number of hydrogen-bond donors (Lipinski definition) is 3. The summed E-state index contributed by atoms with van der Waals surface area (Å²) in [5.41, 5.74) is 6.10. The predicted octanol–water partition coefficient (Wildman–Crippen LogP) is 21.7. The quantitative estimate of drug-likeness (QED) is 0.0269. The van der Waals surface area contributed by atoms with Gasteiger partial charge in [-0.1, -0.05) is 73.1 Å². The standard InChI is InChI=1S/C22H25ClF3NO3.C22H30ClNO3.2C20H24ClF2NO2/c23-17-4-2-9-27-18(14-6-10-30-13-14)11-16(20(17)27)19(28)5-8-21(29)7-1-3-15(12-21)22(24,25)26;1-3-27-13-9-17-14-18(21-19(23)7-5-12-24(17)21)20(25)8-11-22(26)10-4-6-16(2)15-22;1-26-12-8-15-13-16(19-17(21)3-2-11-24(15)19)18(25)5-4-14-6-9-20(22,23)10-7-14;1-13(12-25)17-11-15(19-16(21)3-2-10-24(17)19)18(26)5-4-14-6-8-20(22,23)9-7-14/h2,4,9,11,14-15,29H,1,3,5-8,10,12-13H2;5,7,12,14,16,26H,3-4,6,8-11,13,15H2,1-2H3;2-3,11,13-14H,4-10,12H2,1H3;2-3,10-11,13-14,25H,4-9,12H2,1H3/t;16-,22+;;/m.1../s1/i;;1D3;. The molecule has 3 N–H and O–H groups in total. The van der Waals surface area contributed by atoms with Crippen LogP contribution in [0.4, 0.5) is 30.7 Å². The first-order chi connectivity index (χ1) is 53.0. The highest BCUT2D eigenvalue weighted by Crippen LogP contribution is 2.46. The molecule has 4 saturated carbocycles. The summed E-state index contributed by atoms with van der Waals surface area (Å²) in [5.74, 6) is -6.02. The van der Waals surface area contributed by atoms with Crippen molar-refractivity contribution in [3.05, 3.63) is 163 Å². The Morgan fingerprint density at radius 1 is 0.596 bits per heavy atom. The van der Waals surface area contributed by atoms with E-state index < -0.39 is 42.2 Å². The third-order valence-electron chi connectivity index (χ3n) is 22.9. The molecule has 1 aliphatic heterocycles. The molecule has 8 aromatic rings. The topological polar surface area (TPSA) is 174 Å². The van der Waals surface area contributed by atoms with Gasteiger partial charge in [-0.2, -0.15) is 13.2 Å². The summed E-state index contributed by atoms with van der Waals surface area (Å²) in [4.78, 5) is 51.8. The van der Waals surface area contributed by atoms with Crippen LogP contribution >= 0.6 is 46.4 Å². The van der Waals surface area contributed by atoms with Crippen molar-refractivity contribution in [2.24, 2.45) is 23.7 Å². The number of pyridine rings is 4. The second-order valence-electron chi connectivity index (χ2n) is 30.9. The largest absolute Gasteiger partial charge is 0.396 e. The van der Waals surface area contributed by atoms with Crippen molar-refractivity contribution in [2.75, 3.05) is 46.7 Å². The van der Waals surface area contributed by atoms with Crippen LogP contribution in [0.1, 0.15) is 261 Å². The van der Waals surface area contributed by atoms with E-state index in [0.29, 0.717) is 162 Å². The molecular weight excluding hydrogens is 1500 g/mol. The lowest BCUT2D eigenvalue weighted by Crippen LogP contribution is -2.40. The minimum atomic E-state index is -4.32. The number of aromatic nitrogens is 4. The summed E-state index contributed by atoms with van der Waals surface area (Å²) >= 11 is 25.5. The Morgan fingerprint density at radius 3 is 1.50 bits per heavy atom. The van der Waals surface area contributed by atoms with Gasteiger partial charge >= 0.3 is 6.18 Å². The van der Waals surface area contributed by atoms with Crippen LogP contribution in [0, 0.1) is 23.7 Å². The van der Waals surface area contributed by atoms with E-state index in [1.165, 1.54) is 6.42 Å². The summed E-state index contributed by atoms with van der Waals surface area (Å²) in [7, 11) is -2.47. The van der Waals surface area contributed by atoms with Crippen LogP contribution in [-0.2, 0) is 27.1 Å². The van der Waals surface area contributed by atoms with Gasteiger partial charge in [0, 0.05) is 166 Å². The Labute approximate surface area is 657 Å². The van der Waals surface area contributed by atoms with Crippen LogP contribution in [0.3, 0.4) is 0 Å². The number of rotatable bonds is 26. The van der Waals surface area contributed by atoms with Crippen molar-refractivity contribution >= 4 is 91.6 Å². The van der Waals surface area contributed by atoms with Crippen molar-refractivity contribution in [2.45, 2.75) is 235 Å². The lowest BCUT2D eigenvalue weighted by atomic mass is 9.75. The molecule has 5 fully saturated rings. The van der Waals surface area contributed by atoms with Crippen molar-refractivity contribution in [1.82, 2.24) is 17.6 Å². The van der Waals surface area contributed by atoms with E-state index >= 15 is 0 Å². The molecule has 0 bridgehead atoms. The molecule has 6 atom stereocenters. The zero-order chi connectivity index (χ0) is 81.1. The summed E-state index contributed by atoms with van der Waals surface area (Å²) in [6.07, 6.45) is 13.2. The van der Waals surface area contributed by atoms with Crippen molar-refractivity contribution in [1.29, 1.82) is 0 Å². The number of alkyl halides is 7. The molecule has 4 unspecified atom stereocenters. The van der Waals surface area contributed by atoms with Crippen LogP contribution in [0.15, 0.2) is 97.6 Å². The van der Waals surface area contributed by atoms with E-state index in [1.807, 2.05) is 76.0 Å². The number of carbonyl (C=O) groups excluding carboxylic acids is 4. The van der Waals surface area contributed by atoms with Crippen LogP contribution < -0.4 is 0 Å². The minimum absolute atomic E-state index is 0.0148. The van der Waals surface area contributed by atoms with Crippen LogP contribution in [0.25, 0.3) is 22.1 Å². The number of hydrogen-bond acceptors (Lipinski definition) is 10. The Kier molecular flexibility index (Phi) is 28.2. The highest BCUT2D eigenvalue weighted by atomic mass is 35.5. The van der Waals surface area contributed by atoms with Crippen molar-refractivity contribution in [3.63, 3.8) is 0 Å². The van der Waals surface area contributed by atoms with Gasteiger partial charge in [0.2, 0.25) is 11.8 Å². The summed E-state index contributed by atoms with van der Waals surface area (Å²) in [6, 6.07) is 21.5. The average Bonchev–Trinajstić information content (AvgIpc) is 1.62. The average molecular weight is 1610 g/mol. The van der Waals surface area contributed by atoms with Crippen molar-refractivity contribution < 1.29 is 83.6 Å². The fourth-order valence-corrected chi connectivity index (χ4v) is 17.8. The van der Waals surface area contributed by atoms with Gasteiger partial charge in [-0.3, -0.25) is 19.2 Å². The Hall–Kier alpha value is -5.85. The van der Waals surface area contributed by atoms with Crippen LogP contribution in [0.5, 0.6) is 0 Å². The number of Topliss-reactive ketones (excluding diaryl/α,β-unsaturated/α-hetero) is 4. The highest BCUT2D eigenvalue weighted by Gasteiger charge is 2.47. The molecule has 25 heteroatoms. The van der Waals surface area contributed by atoms with Gasteiger partial charge in [0.1, 0.15) is 0 Å². The van der Waals surface area contributed by atoms with Gasteiger partial charge in [0.15, 0.2) is 23.1 Å². The van der Waals surface area contributed by atoms with Gasteiger partial charge in [0.05, 0.1) is 89.8 Å². The molecule has 13 rings (SSSR count). The minimum Gasteiger partial charge on any atom is -0.396 e. The zero-order valence-corrected chi connectivity index (χ0v) is 65.2. The van der Waals surface area contributed by atoms with E-state index in [2.05, 4.69) is 6.92 Å². The van der Waals surface area contributed by atoms with Gasteiger partial charge in [-0.15, -0.1) is 0 Å². The first kappa shape index (κ1) is 81.2. The number of halogens is 11. The third kappa shape index (κ3) is 21.9. The van der Waals surface area contributed by atoms with E-state index in [0.717, 1.165) is 60.4 Å². The summed E-state index contributed by atoms with van der Waals surface area (Å²) in [6.45, 7) is 8.52. The van der Waals surface area contributed by atoms with E-state index in [4.69, 9.17) is 64.7 Å². The molecule has 109 heavy (non-hydrogen) atoms. The maximum atomic E-state index is 13.3. The van der Waals surface area contributed by atoms with Gasteiger partial charge in [-0.05, 0) is 194 Å². The predicted molar refractivity (Wildman–Crippen MR) is 413 cm³/mol. The molecule has 0 radical (unpaired) electrons. The lowest BCUT2D eigenvalue weighted by molar-refractivity contribution is -0.201. The fraction of sp³-hybridized carbons (Fsp3) is 0.571. The fourth-order valence-electron chi connectivity index (χ4n) is 16.7. The third-order valence-corrected chi connectivity index (χ3v) is 24.1. The monoisotopic (exact) mass is 1600 g/mol. The van der Waals surface area contributed by atoms with Crippen LogP contribution in [-0.4, -0.2) is 132 Å². The Morgan fingerprint density at radius 2 is 1.04 bits per heavy atom. The maximum Gasteiger partial charge on any atom is 0.391 e. The number of nitrogens with zero attached hydrogens (tertiary/aromatic N) is 4. The smallest absolute Gasteiger partial charge is 0.391 e. The van der Waals surface area contributed by atoms with E-state index in [1.54, 1.807) is 53.1 Å². The summed E-state index contributed by atoms with van der Waals surface area (Å²) < 4.78 is 137. The number of methoxy groups -OCH3 is 1. The second-order valence-corrected chi connectivity index (χ2v) is 32.5. The molecule has 0 spiro atoms.